The Kier molecular flexibility index (Phi) is 6.91. The van der Waals surface area contributed by atoms with Crippen molar-refractivity contribution in [2.75, 3.05) is 7.05 Å². The molecule has 1 aromatic carbocycles. The lowest BCUT2D eigenvalue weighted by atomic mass is 9.87. The number of hydrogen-bond donors (Lipinski definition) is 0. The maximum atomic E-state index is 12.1. The van der Waals surface area contributed by atoms with Crippen molar-refractivity contribution in [2.24, 2.45) is 5.16 Å². The molecule has 0 aliphatic carbocycles. The first-order valence-electron chi connectivity index (χ1n) is 8.55. The van der Waals surface area contributed by atoms with Crippen LogP contribution in [-0.4, -0.2) is 38.2 Å². The van der Waals surface area contributed by atoms with Gasteiger partial charge in [0.25, 0.3) is 0 Å². The normalized spacial score (nSPS) is 20.8. The van der Waals surface area contributed by atoms with E-state index < -0.39 is 6.09 Å². The molecule has 1 fully saturated rings. The molecule has 6 nitrogen and oxygen atoms in total. The Hall–Kier alpha value is -1.19. The molecule has 0 N–H and O–H groups in total. The van der Waals surface area contributed by atoms with Crippen molar-refractivity contribution in [3.05, 3.63) is 34.7 Å². The van der Waals surface area contributed by atoms with Crippen LogP contribution in [-0.2, 0) is 10.3 Å². The van der Waals surface area contributed by atoms with E-state index in [-0.39, 0.29) is 21.4 Å². The minimum absolute atomic E-state index is 0.107. The average molecular weight is 429 g/mol. The fourth-order valence-electron chi connectivity index (χ4n) is 2.15. The van der Waals surface area contributed by atoms with Crippen molar-refractivity contribution in [3.8, 4) is 0 Å². The van der Waals surface area contributed by atoms with Crippen LogP contribution in [0, 0.1) is 4.91 Å². The lowest BCUT2D eigenvalue weighted by molar-refractivity contribution is -0.466. The van der Waals surface area contributed by atoms with Crippen LogP contribution >= 0.6 is 33.5 Å². The van der Waals surface area contributed by atoms with E-state index in [1.54, 1.807) is 7.05 Å². The zero-order valence-corrected chi connectivity index (χ0v) is 19.1. The third-order valence-corrected chi connectivity index (χ3v) is 8.01. The summed E-state index contributed by atoms with van der Waals surface area (Å²) in [5, 5.41) is 3.92. The number of hydrogen-bond acceptors (Lipinski definition) is 7. The Morgan fingerprint density at radius 3 is 2.37 bits per heavy atom. The monoisotopic (exact) mass is 428 g/mol. The van der Waals surface area contributed by atoms with Gasteiger partial charge in [-0.25, -0.2) is 9.10 Å². The Labute approximate surface area is 172 Å². The summed E-state index contributed by atoms with van der Waals surface area (Å²) in [6, 6.07) is 8.02. The minimum atomic E-state index is -0.627. The van der Waals surface area contributed by atoms with Gasteiger partial charge in [0.1, 0.15) is 0 Å². The molecule has 9 heteroatoms. The van der Waals surface area contributed by atoms with Gasteiger partial charge in [-0.15, -0.1) is 0 Å². The van der Waals surface area contributed by atoms with Gasteiger partial charge in [0.05, 0.1) is 4.75 Å². The predicted octanol–water partition coefficient (Wildman–Crippen LogP) is 5.67. The molecule has 1 unspecified atom stereocenters. The maximum absolute atomic E-state index is 12.1. The average Bonchev–Trinajstić information content (AvgIpc) is 2.79. The summed E-state index contributed by atoms with van der Waals surface area (Å²) in [7, 11) is 4.30. The van der Waals surface area contributed by atoms with Gasteiger partial charge in [-0.3, -0.25) is 0 Å². The van der Waals surface area contributed by atoms with Crippen molar-refractivity contribution in [1.82, 2.24) is 4.31 Å². The molecule has 1 atom stereocenters. The second kappa shape index (κ2) is 8.45. The first-order chi connectivity index (χ1) is 12.4. The highest BCUT2D eigenvalue weighted by Gasteiger charge is 2.50. The first-order valence-corrected chi connectivity index (χ1v) is 11.5. The van der Waals surface area contributed by atoms with E-state index in [0.29, 0.717) is 0 Å². The fourth-order valence-corrected chi connectivity index (χ4v) is 4.86. The van der Waals surface area contributed by atoms with Crippen LogP contribution < -0.4 is 0 Å². The van der Waals surface area contributed by atoms with Crippen LogP contribution in [0.4, 0.5) is 4.79 Å². The lowest BCUT2D eigenvalue weighted by Gasteiger charge is -2.19. The van der Waals surface area contributed by atoms with Gasteiger partial charge in [0, 0.05) is 22.9 Å². The molecule has 0 saturated carbocycles. The van der Waals surface area contributed by atoms with Gasteiger partial charge >= 0.3 is 11.3 Å². The standard InChI is InChI=1S/C18H26N3O3S3/c1-12-18(5,6)25-15(21(12)23)19-24-16(22)20(7)27-26-14-10-8-13(9-11-14)17(2,3)4/h8-12H,1-7H3/q+1. The smallest absolute Gasteiger partial charge is 0.241 e. The number of carbonyl (C=O) groups excluding carboxylic acids is 1. The van der Waals surface area contributed by atoms with Crippen LogP contribution in [0.15, 0.2) is 34.3 Å². The molecule has 1 aromatic rings. The Bertz CT molecular complexity index is 742. The molecule has 2 rings (SSSR count). The molecule has 148 valence electrons. The third kappa shape index (κ3) is 5.65. The van der Waals surface area contributed by atoms with Gasteiger partial charge in [-0.2, -0.15) is 4.84 Å². The van der Waals surface area contributed by atoms with E-state index in [2.05, 4.69) is 38.1 Å². The molecular formula is C18H26N3O3S3+. The number of nitrogens with zero attached hydrogens (tertiary/aromatic N) is 3. The van der Waals surface area contributed by atoms with Gasteiger partial charge in [-0.1, -0.05) is 37.8 Å². The summed E-state index contributed by atoms with van der Waals surface area (Å²) >= 11 is 1.31. The minimum Gasteiger partial charge on any atom is -0.241 e. The highest BCUT2D eigenvalue weighted by Crippen LogP contribution is 2.38. The molecule has 1 aliphatic rings. The van der Waals surface area contributed by atoms with Crippen molar-refractivity contribution >= 4 is 44.8 Å². The molecule has 0 radical (unpaired) electrons. The van der Waals surface area contributed by atoms with Crippen LogP contribution in [0.25, 0.3) is 0 Å². The van der Waals surface area contributed by atoms with Crippen LogP contribution in [0.5, 0.6) is 0 Å². The second-order valence-electron chi connectivity index (χ2n) is 7.87. The highest BCUT2D eigenvalue weighted by molar-refractivity contribution is 8.75. The van der Waals surface area contributed by atoms with Crippen LogP contribution in [0.2, 0.25) is 0 Å². The quantitative estimate of drug-likeness (QED) is 0.202. The summed E-state index contributed by atoms with van der Waals surface area (Å²) in [5.74, 6) is 0. The second-order valence-corrected chi connectivity index (χ2v) is 11.8. The van der Waals surface area contributed by atoms with E-state index in [4.69, 9.17) is 4.84 Å². The summed E-state index contributed by atoms with van der Waals surface area (Å²) in [6.45, 7) is 12.3. The van der Waals surface area contributed by atoms with Gasteiger partial charge in [0.15, 0.2) is 11.2 Å². The molecule has 0 aromatic heterocycles. The summed E-state index contributed by atoms with van der Waals surface area (Å²) in [4.78, 5) is 30.1. The SMILES string of the molecule is CC1[N+](=O)C(=NOC(=O)N(C)SSc2ccc(C(C)(C)C)cc2)SC1(C)C. The Balaban J connectivity index is 1.87. The largest absolute Gasteiger partial charge is 0.470 e. The lowest BCUT2D eigenvalue weighted by Crippen LogP contribution is -2.30. The number of rotatable bonds is 4. The Morgan fingerprint density at radius 2 is 1.89 bits per heavy atom. The molecule has 0 spiro atoms. The van der Waals surface area contributed by atoms with E-state index in [9.17, 15) is 9.70 Å². The molecule has 1 aliphatic heterocycles. The molecule has 1 amide bonds. The summed E-state index contributed by atoms with van der Waals surface area (Å²) in [5.41, 5.74) is 1.37. The van der Waals surface area contributed by atoms with Gasteiger partial charge in [0.2, 0.25) is 0 Å². The molecule has 1 heterocycles. The number of thioether (sulfide) groups is 1. The molecular weight excluding hydrogens is 402 g/mol. The number of benzene rings is 1. The van der Waals surface area contributed by atoms with E-state index in [1.165, 1.54) is 43.4 Å². The van der Waals surface area contributed by atoms with Crippen LogP contribution in [0.1, 0.15) is 47.1 Å². The zero-order valence-electron chi connectivity index (χ0n) is 16.7. The number of amides is 1. The van der Waals surface area contributed by atoms with E-state index in [1.807, 2.05) is 32.9 Å². The zero-order chi connectivity index (χ0) is 20.4. The molecule has 1 saturated heterocycles. The van der Waals surface area contributed by atoms with Gasteiger partial charge in [-0.05, 0) is 71.2 Å². The molecule has 0 bridgehead atoms. The fraction of sp³-hybridized carbons (Fsp3) is 0.556. The number of nitroso groups, excluding NO2 is 1. The van der Waals surface area contributed by atoms with Crippen molar-refractivity contribution in [3.63, 3.8) is 0 Å². The number of oxime groups is 1. The van der Waals surface area contributed by atoms with Crippen molar-refractivity contribution in [2.45, 2.75) is 62.6 Å². The third-order valence-electron chi connectivity index (χ3n) is 4.33. The maximum Gasteiger partial charge on any atom is 0.470 e. The predicted molar refractivity (Wildman–Crippen MR) is 115 cm³/mol. The molecule has 27 heavy (non-hydrogen) atoms. The van der Waals surface area contributed by atoms with Crippen LogP contribution in [0.3, 0.4) is 0 Å². The van der Waals surface area contributed by atoms with E-state index >= 15 is 0 Å². The van der Waals surface area contributed by atoms with Gasteiger partial charge < -0.3 is 0 Å². The highest BCUT2D eigenvalue weighted by atomic mass is 33.1. The number of carbonyl (C=O) groups is 1. The van der Waals surface area contributed by atoms with E-state index in [0.717, 1.165) is 9.66 Å². The van der Waals surface area contributed by atoms with Crippen molar-refractivity contribution < 1.29 is 14.4 Å². The summed E-state index contributed by atoms with van der Waals surface area (Å²) < 4.78 is 1.86. The number of amidine groups is 1. The topological polar surface area (TPSA) is 62.0 Å². The first kappa shape index (κ1) is 22.1. The summed E-state index contributed by atoms with van der Waals surface area (Å²) in [6.07, 6.45) is -0.627. The Morgan fingerprint density at radius 1 is 1.30 bits per heavy atom. The van der Waals surface area contributed by atoms with Crippen molar-refractivity contribution in [1.29, 1.82) is 0 Å².